The maximum atomic E-state index is 9.45. The lowest BCUT2D eigenvalue weighted by Crippen LogP contribution is -2.31. The van der Waals surface area contributed by atoms with Gasteiger partial charge in [0.1, 0.15) is 12.1 Å². The molecule has 0 bridgehead atoms. The van der Waals surface area contributed by atoms with Gasteiger partial charge in [0.2, 0.25) is 0 Å². The Morgan fingerprint density at radius 3 is 1.62 bits per heavy atom. The highest BCUT2D eigenvalue weighted by atomic mass is 16.5. The topological polar surface area (TPSA) is 41.8 Å². The largest absolute Gasteiger partial charge is 0.478 e. The molecule has 0 saturated carbocycles. The average molecular weight is 368 g/mol. The van der Waals surface area contributed by atoms with Crippen LogP contribution in [0.5, 0.6) is 0 Å². The van der Waals surface area contributed by atoms with Crippen molar-refractivity contribution in [2.24, 2.45) is 4.99 Å². The minimum atomic E-state index is -0.342. The van der Waals surface area contributed by atoms with Gasteiger partial charge in [0, 0.05) is 6.42 Å². The Kier molecular flexibility index (Phi) is 14.0. The average Bonchev–Trinajstić information content (AvgIpc) is 3.09. The number of unbranched alkanes of at least 4 members (excludes halogenated alkanes) is 14. The maximum absolute atomic E-state index is 9.45. The van der Waals surface area contributed by atoms with Gasteiger partial charge in [-0.05, 0) is 12.8 Å². The van der Waals surface area contributed by atoms with Crippen molar-refractivity contribution in [1.29, 1.82) is 0 Å². The third-order valence-electron chi connectivity index (χ3n) is 5.82. The van der Waals surface area contributed by atoms with Crippen molar-refractivity contribution >= 4 is 5.90 Å². The summed E-state index contributed by atoms with van der Waals surface area (Å²) in [7, 11) is 0. The standard InChI is InChI=1S/C23H45NO2/c1-3-5-6-7-8-9-10-11-12-13-14-15-16-17-18-19-22-24-23(4-2,20-25)21-26-22/h25H,3-21H2,1-2H3. The fourth-order valence-electron chi connectivity index (χ4n) is 3.70. The van der Waals surface area contributed by atoms with Crippen molar-refractivity contribution in [2.45, 2.75) is 129 Å². The first-order chi connectivity index (χ1) is 12.8. The van der Waals surface area contributed by atoms with Gasteiger partial charge in [-0.3, -0.25) is 0 Å². The Morgan fingerprint density at radius 2 is 1.23 bits per heavy atom. The lowest BCUT2D eigenvalue weighted by Gasteiger charge is -2.17. The molecular weight excluding hydrogens is 322 g/mol. The molecule has 0 aromatic carbocycles. The van der Waals surface area contributed by atoms with Crippen LogP contribution in [0.15, 0.2) is 4.99 Å². The molecule has 1 atom stereocenters. The first-order valence-electron chi connectivity index (χ1n) is 11.6. The van der Waals surface area contributed by atoms with Gasteiger partial charge in [-0.25, -0.2) is 4.99 Å². The Bertz CT molecular complexity index is 350. The summed E-state index contributed by atoms with van der Waals surface area (Å²) in [5, 5.41) is 9.45. The van der Waals surface area contributed by atoms with Crippen molar-refractivity contribution in [3.05, 3.63) is 0 Å². The summed E-state index contributed by atoms with van der Waals surface area (Å²) in [4.78, 5) is 4.60. The number of aliphatic hydroxyl groups excluding tert-OH is 1. The van der Waals surface area contributed by atoms with Crippen molar-refractivity contribution in [2.75, 3.05) is 13.2 Å². The van der Waals surface area contributed by atoms with Crippen LogP contribution in [0.4, 0.5) is 0 Å². The van der Waals surface area contributed by atoms with Crippen molar-refractivity contribution in [1.82, 2.24) is 0 Å². The molecule has 0 aromatic heterocycles. The zero-order chi connectivity index (χ0) is 18.9. The van der Waals surface area contributed by atoms with Gasteiger partial charge in [0.15, 0.2) is 5.90 Å². The maximum Gasteiger partial charge on any atom is 0.184 e. The summed E-state index contributed by atoms with van der Waals surface area (Å²) < 4.78 is 5.66. The molecule has 1 N–H and O–H groups in total. The predicted molar refractivity (Wildman–Crippen MR) is 113 cm³/mol. The molecule has 3 nitrogen and oxygen atoms in total. The Labute approximate surface area is 163 Å². The van der Waals surface area contributed by atoms with Gasteiger partial charge >= 0.3 is 0 Å². The summed E-state index contributed by atoms with van der Waals surface area (Å²) in [6.07, 6.45) is 22.7. The molecule has 154 valence electrons. The van der Waals surface area contributed by atoms with E-state index in [-0.39, 0.29) is 12.1 Å². The lowest BCUT2D eigenvalue weighted by molar-refractivity contribution is 0.153. The SMILES string of the molecule is CCCCCCCCCCCCCCCCCC1=NC(CC)(CO)CO1. The second-order valence-corrected chi connectivity index (χ2v) is 8.23. The smallest absolute Gasteiger partial charge is 0.184 e. The summed E-state index contributed by atoms with van der Waals surface area (Å²) in [6, 6.07) is 0. The normalized spacial score (nSPS) is 19.6. The number of rotatable bonds is 18. The molecular formula is C23H45NO2. The van der Waals surface area contributed by atoms with E-state index in [1.807, 2.05) is 0 Å². The van der Waals surface area contributed by atoms with Crippen LogP contribution >= 0.6 is 0 Å². The van der Waals surface area contributed by atoms with Crippen LogP contribution in [0.1, 0.15) is 123 Å². The molecule has 1 unspecified atom stereocenters. The van der Waals surface area contributed by atoms with Gasteiger partial charge in [0.25, 0.3) is 0 Å². The number of hydrogen-bond acceptors (Lipinski definition) is 3. The molecule has 0 aromatic rings. The van der Waals surface area contributed by atoms with Crippen LogP contribution in [0.2, 0.25) is 0 Å². The van der Waals surface area contributed by atoms with Crippen LogP contribution in [0.25, 0.3) is 0 Å². The van der Waals surface area contributed by atoms with E-state index in [4.69, 9.17) is 4.74 Å². The molecule has 26 heavy (non-hydrogen) atoms. The molecule has 1 aliphatic heterocycles. The van der Waals surface area contributed by atoms with Crippen LogP contribution in [0.3, 0.4) is 0 Å². The third kappa shape index (κ3) is 10.5. The molecule has 1 aliphatic rings. The van der Waals surface area contributed by atoms with E-state index < -0.39 is 0 Å². The second-order valence-electron chi connectivity index (χ2n) is 8.23. The molecule has 1 rings (SSSR count). The molecule has 0 spiro atoms. The highest BCUT2D eigenvalue weighted by Gasteiger charge is 2.33. The Balaban J connectivity index is 1.82. The van der Waals surface area contributed by atoms with E-state index in [0.717, 1.165) is 18.7 Å². The second kappa shape index (κ2) is 15.5. The van der Waals surface area contributed by atoms with E-state index in [0.29, 0.717) is 6.61 Å². The summed E-state index contributed by atoms with van der Waals surface area (Å²) in [5.74, 6) is 0.871. The molecule has 0 fully saturated rings. The first kappa shape index (κ1) is 23.5. The minimum absolute atomic E-state index is 0.103. The predicted octanol–water partition coefficient (Wildman–Crippen LogP) is 6.82. The van der Waals surface area contributed by atoms with Crippen molar-refractivity contribution in [3.63, 3.8) is 0 Å². The van der Waals surface area contributed by atoms with Gasteiger partial charge in [-0.2, -0.15) is 0 Å². The quantitative estimate of drug-likeness (QED) is 0.270. The third-order valence-corrected chi connectivity index (χ3v) is 5.82. The fraction of sp³-hybridized carbons (Fsp3) is 0.957. The summed E-state index contributed by atoms with van der Waals surface area (Å²) in [5.41, 5.74) is -0.342. The van der Waals surface area contributed by atoms with Crippen molar-refractivity contribution in [3.8, 4) is 0 Å². The Hall–Kier alpha value is -0.570. The highest BCUT2D eigenvalue weighted by Crippen LogP contribution is 2.24. The zero-order valence-corrected chi connectivity index (χ0v) is 17.7. The summed E-state index contributed by atoms with van der Waals surface area (Å²) in [6.45, 7) is 5.02. The Morgan fingerprint density at radius 1 is 0.769 bits per heavy atom. The summed E-state index contributed by atoms with van der Waals surface area (Å²) >= 11 is 0. The van der Waals surface area contributed by atoms with Crippen LogP contribution in [-0.4, -0.2) is 29.8 Å². The first-order valence-corrected chi connectivity index (χ1v) is 11.6. The van der Waals surface area contributed by atoms with Gasteiger partial charge in [-0.1, -0.05) is 104 Å². The van der Waals surface area contributed by atoms with E-state index in [1.165, 1.54) is 96.3 Å². The van der Waals surface area contributed by atoms with E-state index >= 15 is 0 Å². The minimum Gasteiger partial charge on any atom is -0.478 e. The molecule has 0 saturated heterocycles. The fourth-order valence-corrected chi connectivity index (χ4v) is 3.70. The zero-order valence-electron chi connectivity index (χ0n) is 17.7. The van der Waals surface area contributed by atoms with Crippen LogP contribution in [0, 0.1) is 0 Å². The van der Waals surface area contributed by atoms with E-state index in [2.05, 4.69) is 18.8 Å². The molecule has 0 aliphatic carbocycles. The van der Waals surface area contributed by atoms with Gasteiger partial charge in [0.05, 0.1) is 6.61 Å². The van der Waals surface area contributed by atoms with Crippen LogP contribution in [-0.2, 0) is 4.74 Å². The molecule has 0 radical (unpaired) electrons. The number of nitrogens with zero attached hydrogens (tertiary/aromatic N) is 1. The van der Waals surface area contributed by atoms with E-state index in [9.17, 15) is 5.11 Å². The van der Waals surface area contributed by atoms with Crippen molar-refractivity contribution < 1.29 is 9.84 Å². The van der Waals surface area contributed by atoms with Gasteiger partial charge < -0.3 is 9.84 Å². The molecule has 3 heteroatoms. The van der Waals surface area contributed by atoms with Gasteiger partial charge in [-0.15, -0.1) is 0 Å². The van der Waals surface area contributed by atoms with Crippen LogP contribution < -0.4 is 0 Å². The monoisotopic (exact) mass is 367 g/mol. The van der Waals surface area contributed by atoms with E-state index in [1.54, 1.807) is 0 Å². The molecule has 1 heterocycles. The number of aliphatic imine (C=N–C) groups is 1. The number of hydrogen-bond donors (Lipinski definition) is 1. The number of ether oxygens (including phenoxy) is 1. The highest BCUT2D eigenvalue weighted by molar-refractivity contribution is 5.78. The number of aliphatic hydroxyl groups is 1. The molecule has 0 amide bonds. The lowest BCUT2D eigenvalue weighted by atomic mass is 10.0.